The highest BCUT2D eigenvalue weighted by molar-refractivity contribution is 6.32. The van der Waals surface area contributed by atoms with Gasteiger partial charge >= 0.3 is 0 Å². The van der Waals surface area contributed by atoms with Gasteiger partial charge in [0.1, 0.15) is 5.75 Å². The van der Waals surface area contributed by atoms with Gasteiger partial charge in [0.25, 0.3) is 11.5 Å². The highest BCUT2D eigenvalue weighted by atomic mass is 35.5. The summed E-state index contributed by atoms with van der Waals surface area (Å²) in [4.78, 5) is 26.3. The van der Waals surface area contributed by atoms with E-state index in [1.54, 1.807) is 54.6 Å². The Bertz CT molecular complexity index is 1450. The molecule has 0 aliphatic carbocycles. The maximum atomic E-state index is 13.6. The number of anilines is 2. The van der Waals surface area contributed by atoms with Crippen molar-refractivity contribution in [3.05, 3.63) is 105 Å². The van der Waals surface area contributed by atoms with Crippen LogP contribution in [0.15, 0.2) is 83.8 Å². The van der Waals surface area contributed by atoms with Crippen molar-refractivity contribution in [2.24, 2.45) is 0 Å². The van der Waals surface area contributed by atoms with E-state index in [4.69, 9.17) is 16.3 Å². The standard InChI is InChI=1S/C28H27ClN4O3/c1-4-19(3)31-27(34)20-10-8-11-21(16-20)32-26-25(36-22-12-7-9-18(2)15-22)17-30-33(28(26)35)24-14-6-5-13-23(24)29/h5-17,19,32H,4H2,1-3H3,(H,31,34). The fraction of sp³-hybridized carbons (Fsp3) is 0.179. The lowest BCUT2D eigenvalue weighted by Gasteiger charge is -2.16. The van der Waals surface area contributed by atoms with Crippen molar-refractivity contribution in [1.82, 2.24) is 15.1 Å². The number of hydrogen-bond donors (Lipinski definition) is 2. The van der Waals surface area contributed by atoms with Gasteiger partial charge in [-0.2, -0.15) is 9.78 Å². The Morgan fingerprint density at radius 1 is 1.08 bits per heavy atom. The van der Waals surface area contributed by atoms with Gasteiger partial charge in [0.15, 0.2) is 11.4 Å². The van der Waals surface area contributed by atoms with Crippen LogP contribution >= 0.6 is 11.6 Å². The zero-order valence-corrected chi connectivity index (χ0v) is 21.0. The molecule has 184 valence electrons. The monoisotopic (exact) mass is 502 g/mol. The first-order valence-corrected chi connectivity index (χ1v) is 12.0. The van der Waals surface area contributed by atoms with E-state index in [0.717, 1.165) is 12.0 Å². The molecule has 1 aromatic heterocycles. The van der Waals surface area contributed by atoms with Gasteiger partial charge in [0.2, 0.25) is 0 Å². The SMILES string of the molecule is CCC(C)NC(=O)c1cccc(Nc2c(Oc3cccc(C)c3)cnn(-c3ccccc3Cl)c2=O)c1. The number of hydrogen-bond acceptors (Lipinski definition) is 5. The lowest BCUT2D eigenvalue weighted by atomic mass is 10.1. The summed E-state index contributed by atoms with van der Waals surface area (Å²) in [5, 5.41) is 10.8. The number of nitrogens with zero attached hydrogens (tertiary/aromatic N) is 2. The van der Waals surface area contributed by atoms with E-state index in [0.29, 0.717) is 27.7 Å². The molecule has 8 heteroatoms. The van der Waals surface area contributed by atoms with Gasteiger partial charge < -0.3 is 15.4 Å². The summed E-state index contributed by atoms with van der Waals surface area (Å²) in [5.41, 5.74) is 2.18. The van der Waals surface area contributed by atoms with E-state index in [1.165, 1.54) is 10.9 Å². The Kier molecular flexibility index (Phi) is 7.71. The number of aryl methyl sites for hydroxylation is 1. The number of aromatic nitrogens is 2. The Balaban J connectivity index is 1.76. The fourth-order valence-electron chi connectivity index (χ4n) is 3.52. The van der Waals surface area contributed by atoms with Crippen LogP contribution in [0.1, 0.15) is 36.2 Å². The molecule has 0 spiro atoms. The van der Waals surface area contributed by atoms with Crippen LogP contribution in [0.5, 0.6) is 11.5 Å². The smallest absolute Gasteiger partial charge is 0.299 e. The minimum Gasteiger partial charge on any atom is -0.453 e. The summed E-state index contributed by atoms with van der Waals surface area (Å²) in [5.74, 6) is 0.618. The summed E-state index contributed by atoms with van der Waals surface area (Å²) < 4.78 is 7.27. The molecule has 1 amide bonds. The minimum atomic E-state index is -0.456. The molecule has 7 nitrogen and oxygen atoms in total. The van der Waals surface area contributed by atoms with Crippen molar-refractivity contribution in [3.8, 4) is 17.2 Å². The number of rotatable bonds is 8. The highest BCUT2D eigenvalue weighted by Gasteiger charge is 2.17. The first-order valence-electron chi connectivity index (χ1n) is 11.7. The number of halogens is 1. The van der Waals surface area contributed by atoms with Crippen LogP contribution in [0.3, 0.4) is 0 Å². The minimum absolute atomic E-state index is 0.0477. The van der Waals surface area contributed by atoms with Crippen molar-refractivity contribution in [3.63, 3.8) is 0 Å². The van der Waals surface area contributed by atoms with E-state index < -0.39 is 5.56 Å². The molecule has 1 atom stereocenters. The molecule has 0 aliphatic heterocycles. The average molecular weight is 503 g/mol. The van der Waals surface area contributed by atoms with Crippen molar-refractivity contribution in [1.29, 1.82) is 0 Å². The number of amides is 1. The van der Waals surface area contributed by atoms with Crippen molar-refractivity contribution in [2.45, 2.75) is 33.2 Å². The number of carbonyl (C=O) groups is 1. The van der Waals surface area contributed by atoms with Gasteiger partial charge in [-0.15, -0.1) is 0 Å². The second-order valence-electron chi connectivity index (χ2n) is 8.46. The van der Waals surface area contributed by atoms with Crippen LogP contribution in [0.4, 0.5) is 11.4 Å². The molecule has 3 aromatic carbocycles. The van der Waals surface area contributed by atoms with Crippen molar-refractivity contribution in [2.75, 3.05) is 5.32 Å². The maximum Gasteiger partial charge on any atom is 0.299 e. The summed E-state index contributed by atoms with van der Waals surface area (Å²) in [6, 6.07) is 21.4. The highest BCUT2D eigenvalue weighted by Crippen LogP contribution is 2.30. The number of benzene rings is 3. The number of para-hydroxylation sites is 1. The van der Waals surface area contributed by atoms with Gasteiger partial charge in [-0.1, -0.05) is 48.9 Å². The third-order valence-electron chi connectivity index (χ3n) is 5.63. The third-order valence-corrected chi connectivity index (χ3v) is 5.94. The van der Waals surface area contributed by atoms with E-state index in [1.807, 2.05) is 39.0 Å². The Labute approximate surface area is 214 Å². The largest absolute Gasteiger partial charge is 0.453 e. The van der Waals surface area contributed by atoms with Gasteiger partial charge in [-0.25, -0.2) is 0 Å². The van der Waals surface area contributed by atoms with Crippen molar-refractivity contribution >= 4 is 28.9 Å². The predicted octanol–water partition coefficient (Wildman–Crippen LogP) is 6.26. The zero-order chi connectivity index (χ0) is 25.7. The first-order chi connectivity index (χ1) is 17.4. The van der Waals surface area contributed by atoms with E-state index >= 15 is 0 Å². The van der Waals surface area contributed by atoms with Crippen LogP contribution in [-0.4, -0.2) is 21.7 Å². The molecule has 2 N–H and O–H groups in total. The maximum absolute atomic E-state index is 13.6. The summed E-state index contributed by atoms with van der Waals surface area (Å²) in [7, 11) is 0. The molecule has 0 saturated carbocycles. The molecule has 0 aliphatic rings. The lowest BCUT2D eigenvalue weighted by molar-refractivity contribution is 0.0939. The summed E-state index contributed by atoms with van der Waals surface area (Å²) in [6.07, 6.45) is 2.29. The normalized spacial score (nSPS) is 11.6. The molecule has 4 aromatic rings. The van der Waals surface area contributed by atoms with Crippen LogP contribution in [-0.2, 0) is 0 Å². The zero-order valence-electron chi connectivity index (χ0n) is 20.3. The molecule has 1 heterocycles. The Hall–Kier alpha value is -4.10. The second-order valence-corrected chi connectivity index (χ2v) is 8.87. The number of nitrogens with one attached hydrogen (secondary N) is 2. The topological polar surface area (TPSA) is 85.2 Å². The molecule has 0 saturated heterocycles. The Morgan fingerprint density at radius 2 is 1.86 bits per heavy atom. The molecule has 4 rings (SSSR count). The second kappa shape index (κ2) is 11.1. The molecule has 0 fully saturated rings. The van der Waals surface area contributed by atoms with E-state index in [2.05, 4.69) is 15.7 Å². The average Bonchev–Trinajstić information content (AvgIpc) is 2.87. The summed E-state index contributed by atoms with van der Waals surface area (Å²) in [6.45, 7) is 5.91. The van der Waals surface area contributed by atoms with E-state index in [-0.39, 0.29) is 23.4 Å². The van der Waals surface area contributed by atoms with Crippen LogP contribution in [0, 0.1) is 6.92 Å². The van der Waals surface area contributed by atoms with Gasteiger partial charge in [0, 0.05) is 17.3 Å². The number of carbonyl (C=O) groups excluding carboxylic acids is 1. The number of ether oxygens (including phenoxy) is 1. The van der Waals surface area contributed by atoms with Gasteiger partial charge in [0.05, 0.1) is 16.9 Å². The first kappa shape index (κ1) is 25.0. The van der Waals surface area contributed by atoms with Crippen LogP contribution in [0.2, 0.25) is 5.02 Å². The van der Waals surface area contributed by atoms with Gasteiger partial charge in [-0.3, -0.25) is 9.59 Å². The quantitative estimate of drug-likeness (QED) is 0.297. The molecule has 36 heavy (non-hydrogen) atoms. The molecule has 1 unspecified atom stereocenters. The van der Waals surface area contributed by atoms with Crippen molar-refractivity contribution < 1.29 is 9.53 Å². The van der Waals surface area contributed by atoms with Crippen LogP contribution in [0.25, 0.3) is 5.69 Å². The fourth-order valence-corrected chi connectivity index (χ4v) is 3.74. The predicted molar refractivity (Wildman–Crippen MR) is 143 cm³/mol. The Morgan fingerprint density at radius 3 is 2.61 bits per heavy atom. The van der Waals surface area contributed by atoms with Crippen LogP contribution < -0.4 is 20.9 Å². The molecule has 0 radical (unpaired) electrons. The van der Waals surface area contributed by atoms with Gasteiger partial charge in [-0.05, 0) is 68.3 Å². The molecule has 0 bridgehead atoms. The molecular weight excluding hydrogens is 476 g/mol. The molecular formula is C28H27ClN4O3. The van der Waals surface area contributed by atoms with E-state index in [9.17, 15) is 9.59 Å². The lowest BCUT2D eigenvalue weighted by Crippen LogP contribution is -2.31. The third kappa shape index (κ3) is 5.75. The summed E-state index contributed by atoms with van der Waals surface area (Å²) >= 11 is 6.34.